The number of carbonyl (C=O) groups excluding carboxylic acids is 1. The van der Waals surface area contributed by atoms with E-state index in [0.29, 0.717) is 5.56 Å². The molecule has 0 heterocycles. The first-order valence-corrected chi connectivity index (χ1v) is 10.5. The molecule has 3 heteroatoms. The molecule has 0 fully saturated rings. The van der Waals surface area contributed by atoms with E-state index in [-0.39, 0.29) is 5.97 Å². The van der Waals surface area contributed by atoms with Gasteiger partial charge in [-0.3, -0.25) is 0 Å². The molecule has 0 spiro atoms. The molecule has 1 rings (SSSR count). The Hall–Kier alpha value is -1.74. The molecule has 0 saturated heterocycles. The van der Waals surface area contributed by atoms with Crippen LogP contribution >= 0.6 is 11.8 Å². The number of methoxy groups -OCH3 is 1. The summed E-state index contributed by atoms with van der Waals surface area (Å²) in [5.41, 5.74) is 0.603. The van der Waals surface area contributed by atoms with E-state index in [9.17, 15) is 4.79 Å². The van der Waals surface area contributed by atoms with E-state index in [1.165, 1.54) is 63.8 Å². The monoisotopic (exact) mass is 372 g/mol. The number of rotatable bonds is 13. The lowest BCUT2D eigenvalue weighted by molar-refractivity contribution is 0.0597. The number of allylic oxidation sites excluding steroid dienone is 5. The van der Waals surface area contributed by atoms with Crippen molar-refractivity contribution in [3.63, 3.8) is 0 Å². The topological polar surface area (TPSA) is 26.3 Å². The number of thioether (sulfide) groups is 1. The molecule has 1 aromatic carbocycles. The second kappa shape index (κ2) is 15.5. The molecule has 0 atom stereocenters. The van der Waals surface area contributed by atoms with E-state index in [2.05, 4.69) is 25.2 Å². The molecule has 0 aliphatic rings. The summed E-state index contributed by atoms with van der Waals surface area (Å²) in [6, 6.07) is 7.48. The van der Waals surface area contributed by atoms with Crippen molar-refractivity contribution >= 4 is 17.7 Å². The van der Waals surface area contributed by atoms with Crippen LogP contribution in [0.1, 0.15) is 68.6 Å². The Bertz CT molecular complexity index is 588. The van der Waals surface area contributed by atoms with Crippen molar-refractivity contribution in [1.82, 2.24) is 0 Å². The Morgan fingerprint density at radius 3 is 2.58 bits per heavy atom. The Kier molecular flexibility index (Phi) is 13.3. The van der Waals surface area contributed by atoms with Crippen molar-refractivity contribution in [2.45, 2.75) is 63.2 Å². The Morgan fingerprint density at radius 1 is 1.00 bits per heavy atom. The lowest BCUT2D eigenvalue weighted by atomic mass is 10.1. The highest BCUT2D eigenvalue weighted by atomic mass is 32.2. The van der Waals surface area contributed by atoms with Crippen LogP contribution in [0.15, 0.2) is 64.9 Å². The van der Waals surface area contributed by atoms with E-state index >= 15 is 0 Å². The molecule has 0 bridgehead atoms. The predicted molar refractivity (Wildman–Crippen MR) is 114 cm³/mol. The van der Waals surface area contributed by atoms with Crippen molar-refractivity contribution in [2.75, 3.05) is 7.11 Å². The van der Waals surface area contributed by atoms with Crippen LogP contribution in [0, 0.1) is 0 Å². The van der Waals surface area contributed by atoms with Crippen LogP contribution in [0.5, 0.6) is 0 Å². The van der Waals surface area contributed by atoms with E-state index in [1.54, 1.807) is 6.07 Å². The lowest BCUT2D eigenvalue weighted by Crippen LogP contribution is -2.02. The van der Waals surface area contributed by atoms with E-state index in [0.717, 1.165) is 11.3 Å². The first-order valence-electron chi connectivity index (χ1n) is 9.60. The quantitative estimate of drug-likeness (QED) is 0.119. The summed E-state index contributed by atoms with van der Waals surface area (Å²) in [6.45, 7) is 2.26. The molecule has 0 aliphatic heterocycles. The summed E-state index contributed by atoms with van der Waals surface area (Å²) in [5.74, 6) is -0.299. The number of benzene rings is 1. The lowest BCUT2D eigenvalue weighted by Gasteiger charge is -2.04. The molecule has 26 heavy (non-hydrogen) atoms. The molecule has 142 valence electrons. The Labute approximate surface area is 163 Å². The second-order valence-electron chi connectivity index (χ2n) is 6.13. The Morgan fingerprint density at radius 2 is 1.77 bits per heavy atom. The van der Waals surface area contributed by atoms with Gasteiger partial charge in [0.25, 0.3) is 0 Å². The summed E-state index contributed by atoms with van der Waals surface area (Å²) in [4.78, 5) is 12.6. The third-order valence-corrected chi connectivity index (χ3v) is 4.88. The number of esters is 1. The molecule has 0 aliphatic carbocycles. The fourth-order valence-electron chi connectivity index (χ4n) is 2.50. The first kappa shape index (κ1) is 22.3. The van der Waals surface area contributed by atoms with Crippen molar-refractivity contribution in [1.29, 1.82) is 0 Å². The Balaban J connectivity index is 2.19. The third-order valence-electron chi connectivity index (χ3n) is 3.98. The van der Waals surface area contributed by atoms with Gasteiger partial charge in [0.2, 0.25) is 0 Å². The van der Waals surface area contributed by atoms with Gasteiger partial charge < -0.3 is 4.74 Å². The van der Waals surface area contributed by atoms with Gasteiger partial charge >= 0.3 is 5.97 Å². The molecule has 0 N–H and O–H groups in total. The van der Waals surface area contributed by atoms with Crippen LogP contribution in [0.25, 0.3) is 0 Å². The van der Waals surface area contributed by atoms with E-state index in [4.69, 9.17) is 4.74 Å². The van der Waals surface area contributed by atoms with Crippen molar-refractivity contribution in [2.24, 2.45) is 0 Å². The average molecular weight is 373 g/mol. The standard InChI is InChI=1S/C23H32O2S/c1-3-4-5-6-7-8-9-10-11-12-13-14-17-20-26-22-19-16-15-18-21(22)23(24)25-2/h10-11,13-20H,3-9,12H2,1-2H3/b11-10-,14-13-,20-17+. The van der Waals surface area contributed by atoms with Gasteiger partial charge in [0.1, 0.15) is 0 Å². The molecule has 0 amide bonds. The summed E-state index contributed by atoms with van der Waals surface area (Å²) < 4.78 is 4.80. The zero-order valence-electron chi connectivity index (χ0n) is 16.2. The summed E-state index contributed by atoms with van der Waals surface area (Å²) >= 11 is 1.52. The minimum atomic E-state index is -0.299. The summed E-state index contributed by atoms with van der Waals surface area (Å²) in [5, 5.41) is 1.98. The van der Waals surface area contributed by atoms with Crippen LogP contribution in [-0.2, 0) is 4.74 Å². The fourth-order valence-corrected chi connectivity index (χ4v) is 3.25. The number of hydrogen-bond acceptors (Lipinski definition) is 3. The molecule has 0 radical (unpaired) electrons. The van der Waals surface area contributed by atoms with Gasteiger partial charge in [-0.25, -0.2) is 4.79 Å². The van der Waals surface area contributed by atoms with E-state index in [1.807, 2.05) is 35.8 Å². The van der Waals surface area contributed by atoms with Gasteiger partial charge in [-0.05, 0) is 36.8 Å². The molecule has 0 unspecified atom stereocenters. The fraction of sp³-hybridized carbons (Fsp3) is 0.435. The number of hydrogen-bond donors (Lipinski definition) is 0. The van der Waals surface area contributed by atoms with Crippen molar-refractivity contribution in [3.05, 3.63) is 65.6 Å². The SMILES string of the molecule is CCCCCCCC/C=C\C/C=C\C=C\Sc1ccccc1C(=O)OC. The van der Waals surface area contributed by atoms with Gasteiger partial charge in [-0.2, -0.15) is 0 Å². The average Bonchev–Trinajstić information content (AvgIpc) is 2.68. The van der Waals surface area contributed by atoms with Gasteiger partial charge in [-0.1, -0.05) is 93.3 Å². The molecule has 0 saturated carbocycles. The van der Waals surface area contributed by atoms with Gasteiger partial charge in [0.15, 0.2) is 0 Å². The highest BCUT2D eigenvalue weighted by molar-refractivity contribution is 8.02. The molecule has 1 aromatic rings. The highest BCUT2D eigenvalue weighted by Crippen LogP contribution is 2.24. The van der Waals surface area contributed by atoms with Crippen LogP contribution in [0.3, 0.4) is 0 Å². The molecular weight excluding hydrogens is 340 g/mol. The third kappa shape index (κ3) is 10.3. The van der Waals surface area contributed by atoms with Gasteiger partial charge in [0, 0.05) is 4.90 Å². The van der Waals surface area contributed by atoms with Crippen LogP contribution in [0.4, 0.5) is 0 Å². The zero-order chi connectivity index (χ0) is 18.9. The minimum Gasteiger partial charge on any atom is -0.465 e. The maximum atomic E-state index is 11.7. The van der Waals surface area contributed by atoms with Crippen LogP contribution in [-0.4, -0.2) is 13.1 Å². The number of carbonyl (C=O) groups is 1. The van der Waals surface area contributed by atoms with Crippen molar-refractivity contribution < 1.29 is 9.53 Å². The largest absolute Gasteiger partial charge is 0.465 e. The number of ether oxygens (including phenoxy) is 1. The van der Waals surface area contributed by atoms with Crippen LogP contribution < -0.4 is 0 Å². The zero-order valence-corrected chi connectivity index (χ0v) is 17.0. The minimum absolute atomic E-state index is 0.299. The highest BCUT2D eigenvalue weighted by Gasteiger charge is 2.09. The van der Waals surface area contributed by atoms with E-state index < -0.39 is 0 Å². The molecule has 0 aromatic heterocycles. The smallest absolute Gasteiger partial charge is 0.339 e. The summed E-state index contributed by atoms with van der Waals surface area (Å²) in [6.07, 6.45) is 21.0. The predicted octanol–water partition coefficient (Wildman–Crippen LogP) is 7.33. The van der Waals surface area contributed by atoms with Crippen LogP contribution in [0.2, 0.25) is 0 Å². The molecule has 2 nitrogen and oxygen atoms in total. The maximum absolute atomic E-state index is 11.7. The van der Waals surface area contributed by atoms with Crippen molar-refractivity contribution in [3.8, 4) is 0 Å². The normalized spacial score (nSPS) is 11.8. The first-order chi connectivity index (χ1) is 12.8. The molecular formula is C23H32O2S. The second-order valence-corrected chi connectivity index (χ2v) is 7.07. The maximum Gasteiger partial charge on any atom is 0.339 e. The number of unbranched alkanes of at least 4 members (excludes halogenated alkanes) is 6. The summed E-state index contributed by atoms with van der Waals surface area (Å²) in [7, 11) is 1.41. The van der Waals surface area contributed by atoms with Gasteiger partial charge in [0.05, 0.1) is 12.7 Å². The van der Waals surface area contributed by atoms with Gasteiger partial charge in [-0.15, -0.1) is 0 Å².